The minimum absolute atomic E-state index is 0.734. The number of hydrogen-bond acceptors (Lipinski definition) is 5. The van der Waals surface area contributed by atoms with Gasteiger partial charge < -0.3 is 18.9 Å². The SMILES string of the molecule is COc1ccc(OC)c(C=Cc2cc(-c3cc(OC)ccc3OC)n(-c3ccccc3)n2)c1. The van der Waals surface area contributed by atoms with E-state index in [1.807, 2.05) is 89.6 Å². The molecule has 0 bridgehead atoms. The third kappa shape index (κ3) is 4.70. The summed E-state index contributed by atoms with van der Waals surface area (Å²) in [5.41, 5.74) is 4.38. The molecule has 0 amide bonds. The topological polar surface area (TPSA) is 54.7 Å². The number of benzene rings is 3. The lowest BCUT2D eigenvalue weighted by Crippen LogP contribution is -2.00. The second kappa shape index (κ2) is 9.96. The molecule has 0 spiro atoms. The van der Waals surface area contributed by atoms with Crippen molar-refractivity contribution in [2.45, 2.75) is 0 Å². The van der Waals surface area contributed by atoms with Crippen molar-refractivity contribution in [3.8, 4) is 39.9 Å². The van der Waals surface area contributed by atoms with Gasteiger partial charge in [0.15, 0.2) is 0 Å². The molecular formula is C27H26N2O4. The fourth-order valence-corrected chi connectivity index (χ4v) is 3.60. The van der Waals surface area contributed by atoms with Crippen LogP contribution in [0, 0.1) is 0 Å². The zero-order valence-corrected chi connectivity index (χ0v) is 19.1. The number of rotatable bonds is 8. The van der Waals surface area contributed by atoms with E-state index in [1.165, 1.54) is 0 Å². The Balaban J connectivity index is 1.83. The van der Waals surface area contributed by atoms with Crippen LogP contribution in [0.25, 0.3) is 29.1 Å². The summed E-state index contributed by atoms with van der Waals surface area (Å²) in [6.07, 6.45) is 3.92. The Kier molecular flexibility index (Phi) is 6.64. The van der Waals surface area contributed by atoms with E-state index in [9.17, 15) is 0 Å². The molecule has 33 heavy (non-hydrogen) atoms. The number of aromatic nitrogens is 2. The fraction of sp³-hybridized carbons (Fsp3) is 0.148. The molecule has 0 saturated heterocycles. The minimum atomic E-state index is 0.734. The molecule has 0 unspecified atom stereocenters. The van der Waals surface area contributed by atoms with Crippen molar-refractivity contribution in [2.75, 3.05) is 28.4 Å². The number of hydrogen-bond donors (Lipinski definition) is 0. The smallest absolute Gasteiger partial charge is 0.128 e. The molecule has 4 aromatic rings. The van der Waals surface area contributed by atoms with Crippen LogP contribution in [-0.4, -0.2) is 38.2 Å². The third-order valence-electron chi connectivity index (χ3n) is 5.28. The highest BCUT2D eigenvalue weighted by molar-refractivity contribution is 5.77. The largest absolute Gasteiger partial charge is 0.497 e. The first-order chi connectivity index (χ1) is 16.2. The summed E-state index contributed by atoms with van der Waals surface area (Å²) in [6, 6.07) is 23.4. The van der Waals surface area contributed by atoms with Gasteiger partial charge in [-0.2, -0.15) is 5.10 Å². The quantitative estimate of drug-likeness (QED) is 0.348. The monoisotopic (exact) mass is 442 g/mol. The Bertz CT molecular complexity index is 1260. The van der Waals surface area contributed by atoms with Crippen LogP contribution in [0.3, 0.4) is 0 Å². The van der Waals surface area contributed by atoms with Crippen molar-refractivity contribution >= 4 is 12.2 Å². The van der Waals surface area contributed by atoms with Gasteiger partial charge in [-0.3, -0.25) is 0 Å². The van der Waals surface area contributed by atoms with E-state index < -0.39 is 0 Å². The molecule has 0 aliphatic rings. The maximum atomic E-state index is 5.64. The second-order valence-corrected chi connectivity index (χ2v) is 7.21. The molecule has 0 N–H and O–H groups in total. The molecule has 168 valence electrons. The molecule has 4 rings (SSSR count). The predicted octanol–water partition coefficient (Wildman–Crippen LogP) is 5.74. The molecular weight excluding hydrogens is 416 g/mol. The van der Waals surface area contributed by atoms with Crippen molar-refractivity contribution in [2.24, 2.45) is 0 Å². The van der Waals surface area contributed by atoms with Crippen molar-refractivity contribution < 1.29 is 18.9 Å². The number of nitrogens with zero attached hydrogens (tertiary/aromatic N) is 2. The molecule has 0 atom stereocenters. The maximum Gasteiger partial charge on any atom is 0.128 e. The number of methoxy groups -OCH3 is 4. The summed E-state index contributed by atoms with van der Waals surface area (Å²) in [4.78, 5) is 0. The molecule has 1 aromatic heterocycles. The first-order valence-corrected chi connectivity index (χ1v) is 10.4. The van der Waals surface area contributed by atoms with Crippen LogP contribution >= 0.6 is 0 Å². The summed E-state index contributed by atoms with van der Waals surface area (Å²) in [6.45, 7) is 0. The Morgan fingerprint density at radius 3 is 2.00 bits per heavy atom. The number of ether oxygens (including phenoxy) is 4. The molecule has 0 aliphatic carbocycles. The van der Waals surface area contributed by atoms with E-state index in [2.05, 4.69) is 0 Å². The summed E-state index contributed by atoms with van der Waals surface area (Å²) >= 11 is 0. The van der Waals surface area contributed by atoms with Crippen LogP contribution in [0.2, 0.25) is 0 Å². The average molecular weight is 443 g/mol. The van der Waals surface area contributed by atoms with Gasteiger partial charge in [-0.15, -0.1) is 0 Å². The molecule has 1 heterocycles. The Morgan fingerprint density at radius 1 is 0.667 bits per heavy atom. The lowest BCUT2D eigenvalue weighted by atomic mass is 10.1. The fourth-order valence-electron chi connectivity index (χ4n) is 3.60. The molecule has 0 aliphatic heterocycles. The van der Waals surface area contributed by atoms with Crippen LogP contribution in [0.1, 0.15) is 11.3 Å². The van der Waals surface area contributed by atoms with Gasteiger partial charge in [-0.05, 0) is 66.7 Å². The first kappa shape index (κ1) is 22.0. The zero-order chi connectivity index (χ0) is 23.2. The van der Waals surface area contributed by atoms with Gasteiger partial charge in [0.05, 0.1) is 45.5 Å². The van der Waals surface area contributed by atoms with Crippen LogP contribution in [0.4, 0.5) is 0 Å². The predicted molar refractivity (Wildman–Crippen MR) is 131 cm³/mol. The highest BCUT2D eigenvalue weighted by Crippen LogP contribution is 2.35. The van der Waals surface area contributed by atoms with E-state index in [0.29, 0.717) is 0 Å². The molecule has 6 nitrogen and oxygen atoms in total. The van der Waals surface area contributed by atoms with Crippen LogP contribution in [0.15, 0.2) is 72.8 Å². The summed E-state index contributed by atoms with van der Waals surface area (Å²) in [5, 5.41) is 4.86. The molecule has 0 fully saturated rings. The maximum absolute atomic E-state index is 5.64. The molecule has 0 saturated carbocycles. The lowest BCUT2D eigenvalue weighted by Gasteiger charge is -2.12. The normalized spacial score (nSPS) is 10.9. The zero-order valence-electron chi connectivity index (χ0n) is 19.1. The number of para-hydroxylation sites is 1. The average Bonchev–Trinajstić information content (AvgIpc) is 3.31. The van der Waals surface area contributed by atoms with E-state index >= 15 is 0 Å². The summed E-state index contributed by atoms with van der Waals surface area (Å²) < 4.78 is 23.8. The highest BCUT2D eigenvalue weighted by atomic mass is 16.5. The molecule has 3 aromatic carbocycles. The van der Waals surface area contributed by atoms with Gasteiger partial charge in [0.2, 0.25) is 0 Å². The van der Waals surface area contributed by atoms with Crippen LogP contribution in [0.5, 0.6) is 23.0 Å². The van der Waals surface area contributed by atoms with Gasteiger partial charge in [0.25, 0.3) is 0 Å². The van der Waals surface area contributed by atoms with E-state index in [-0.39, 0.29) is 0 Å². The van der Waals surface area contributed by atoms with E-state index in [4.69, 9.17) is 24.0 Å². The second-order valence-electron chi connectivity index (χ2n) is 7.21. The van der Waals surface area contributed by atoms with Gasteiger partial charge in [0, 0.05) is 11.1 Å². The standard InChI is InChI=1S/C27H26N2O4/c1-30-22-12-14-26(32-3)19(16-22)10-11-20-17-25(29(28-20)21-8-6-5-7-9-21)24-18-23(31-2)13-15-27(24)33-4/h5-18H,1-4H3. The minimum Gasteiger partial charge on any atom is -0.497 e. The highest BCUT2D eigenvalue weighted by Gasteiger charge is 2.16. The molecule has 6 heteroatoms. The first-order valence-electron chi connectivity index (χ1n) is 10.4. The van der Waals surface area contributed by atoms with Crippen molar-refractivity contribution in [3.63, 3.8) is 0 Å². The van der Waals surface area contributed by atoms with E-state index in [1.54, 1.807) is 28.4 Å². The lowest BCUT2D eigenvalue weighted by molar-refractivity contribution is 0.402. The Hall–Kier alpha value is -4.19. The summed E-state index contributed by atoms with van der Waals surface area (Å²) in [5.74, 6) is 2.99. The van der Waals surface area contributed by atoms with Crippen LogP contribution < -0.4 is 18.9 Å². The summed E-state index contributed by atoms with van der Waals surface area (Å²) in [7, 11) is 6.60. The third-order valence-corrected chi connectivity index (χ3v) is 5.28. The van der Waals surface area contributed by atoms with Gasteiger partial charge in [-0.1, -0.05) is 18.2 Å². The van der Waals surface area contributed by atoms with Gasteiger partial charge >= 0.3 is 0 Å². The molecule has 0 radical (unpaired) electrons. The van der Waals surface area contributed by atoms with Gasteiger partial charge in [-0.25, -0.2) is 4.68 Å². The van der Waals surface area contributed by atoms with Gasteiger partial charge in [0.1, 0.15) is 23.0 Å². The van der Waals surface area contributed by atoms with Crippen molar-refractivity contribution in [3.05, 3.63) is 84.1 Å². The van der Waals surface area contributed by atoms with Crippen molar-refractivity contribution in [1.29, 1.82) is 0 Å². The van der Waals surface area contributed by atoms with Crippen molar-refractivity contribution in [1.82, 2.24) is 9.78 Å². The van der Waals surface area contributed by atoms with E-state index in [0.717, 1.165) is 51.2 Å². The Labute approximate surface area is 193 Å². The Morgan fingerprint density at radius 2 is 1.33 bits per heavy atom. The van der Waals surface area contributed by atoms with Crippen LogP contribution in [-0.2, 0) is 0 Å².